The van der Waals surface area contributed by atoms with Crippen LogP contribution in [0.3, 0.4) is 0 Å². The molecule has 5 heteroatoms. The smallest absolute Gasteiger partial charge is 0.132 e. The molecule has 0 bridgehead atoms. The number of benzene rings is 2. The molecule has 0 saturated carbocycles. The topological polar surface area (TPSA) is 35.2 Å². The molecule has 0 radical (unpaired) electrons. The van der Waals surface area contributed by atoms with Crippen molar-refractivity contribution in [1.29, 1.82) is 0 Å². The van der Waals surface area contributed by atoms with Crippen LogP contribution in [0.5, 0.6) is 5.75 Å². The maximum Gasteiger partial charge on any atom is 0.132 e. The first-order chi connectivity index (χ1) is 9.11. The molecule has 2 nitrogen and oxygen atoms in total. The zero-order chi connectivity index (χ0) is 13.8. The summed E-state index contributed by atoms with van der Waals surface area (Å²) in [5, 5.41) is 0. The van der Waals surface area contributed by atoms with Gasteiger partial charge in [0.25, 0.3) is 0 Å². The predicted molar refractivity (Wildman–Crippen MR) is 72.7 cm³/mol. The Kier molecular flexibility index (Phi) is 4.50. The molecule has 100 valence electrons. The van der Waals surface area contributed by atoms with Gasteiger partial charge in [0.2, 0.25) is 0 Å². The van der Waals surface area contributed by atoms with Gasteiger partial charge >= 0.3 is 0 Å². The number of ether oxygens (including phenoxy) is 1. The van der Waals surface area contributed by atoms with Gasteiger partial charge < -0.3 is 10.5 Å². The van der Waals surface area contributed by atoms with E-state index in [1.807, 2.05) is 6.07 Å². The third kappa shape index (κ3) is 3.30. The van der Waals surface area contributed by atoms with Crippen LogP contribution in [0, 0.1) is 11.6 Å². The van der Waals surface area contributed by atoms with E-state index in [4.69, 9.17) is 10.5 Å². The molecule has 0 fully saturated rings. The van der Waals surface area contributed by atoms with E-state index in [-0.39, 0.29) is 18.7 Å². The number of hydrogen-bond donors (Lipinski definition) is 1. The second-order valence-corrected chi connectivity index (χ2v) is 4.86. The molecule has 0 aliphatic heterocycles. The Morgan fingerprint density at radius 1 is 1.11 bits per heavy atom. The van der Waals surface area contributed by atoms with Gasteiger partial charge in [-0.25, -0.2) is 8.78 Å². The monoisotopic (exact) mass is 327 g/mol. The van der Waals surface area contributed by atoms with Crippen molar-refractivity contribution in [3.8, 4) is 5.75 Å². The molecule has 0 saturated heterocycles. The van der Waals surface area contributed by atoms with Crippen LogP contribution >= 0.6 is 15.9 Å². The summed E-state index contributed by atoms with van der Waals surface area (Å²) in [5.74, 6) is -0.717. The number of halogens is 3. The Morgan fingerprint density at radius 3 is 2.42 bits per heavy atom. The Bertz CT molecular complexity index is 569. The average Bonchev–Trinajstić information content (AvgIpc) is 2.39. The number of hydrogen-bond acceptors (Lipinski definition) is 2. The summed E-state index contributed by atoms with van der Waals surface area (Å²) in [6.07, 6.45) is 0. The van der Waals surface area contributed by atoms with E-state index in [2.05, 4.69) is 15.9 Å². The van der Waals surface area contributed by atoms with Gasteiger partial charge in [0.1, 0.15) is 24.0 Å². The lowest BCUT2D eigenvalue weighted by Gasteiger charge is -2.11. The van der Waals surface area contributed by atoms with Crippen molar-refractivity contribution in [3.05, 3.63) is 63.6 Å². The van der Waals surface area contributed by atoms with Gasteiger partial charge in [-0.15, -0.1) is 0 Å². The molecule has 0 aliphatic carbocycles. The molecule has 0 aromatic heterocycles. The van der Waals surface area contributed by atoms with Crippen molar-refractivity contribution in [1.82, 2.24) is 0 Å². The SMILES string of the molecule is NCc1cc(Br)ccc1OCc1c(F)cccc1F. The van der Waals surface area contributed by atoms with Crippen LogP contribution in [-0.4, -0.2) is 0 Å². The second kappa shape index (κ2) is 6.12. The molecule has 19 heavy (non-hydrogen) atoms. The number of nitrogens with two attached hydrogens (primary N) is 1. The van der Waals surface area contributed by atoms with Crippen molar-refractivity contribution in [2.24, 2.45) is 5.73 Å². The third-order valence-corrected chi connectivity index (χ3v) is 3.17. The summed E-state index contributed by atoms with van der Waals surface area (Å²) in [6.45, 7) is 0.113. The van der Waals surface area contributed by atoms with Crippen molar-refractivity contribution >= 4 is 15.9 Å². The molecule has 2 rings (SSSR count). The van der Waals surface area contributed by atoms with Crippen molar-refractivity contribution < 1.29 is 13.5 Å². The molecule has 2 N–H and O–H groups in total. The quantitative estimate of drug-likeness (QED) is 0.927. The molecule has 0 heterocycles. The average molecular weight is 328 g/mol. The molecule has 2 aromatic rings. The van der Waals surface area contributed by atoms with Crippen LogP contribution < -0.4 is 10.5 Å². The van der Waals surface area contributed by atoms with Gasteiger partial charge in [-0.1, -0.05) is 22.0 Å². The summed E-state index contributed by atoms with van der Waals surface area (Å²) >= 11 is 3.33. The maximum atomic E-state index is 13.4. The second-order valence-electron chi connectivity index (χ2n) is 3.95. The van der Waals surface area contributed by atoms with Crippen LogP contribution in [0.2, 0.25) is 0 Å². The van der Waals surface area contributed by atoms with Crippen molar-refractivity contribution in [3.63, 3.8) is 0 Å². The molecular formula is C14H12BrF2NO. The normalized spacial score (nSPS) is 10.5. The van der Waals surface area contributed by atoms with E-state index < -0.39 is 11.6 Å². The third-order valence-electron chi connectivity index (χ3n) is 2.68. The Balaban J connectivity index is 2.19. The molecule has 0 amide bonds. The fourth-order valence-corrected chi connectivity index (χ4v) is 2.08. The van der Waals surface area contributed by atoms with E-state index in [1.165, 1.54) is 18.2 Å². The van der Waals surface area contributed by atoms with Crippen LogP contribution in [0.25, 0.3) is 0 Å². The largest absolute Gasteiger partial charge is 0.488 e. The summed E-state index contributed by atoms with van der Waals surface area (Å²) in [6, 6.07) is 9.03. The first-order valence-electron chi connectivity index (χ1n) is 5.66. The van der Waals surface area contributed by atoms with Crippen LogP contribution in [0.15, 0.2) is 40.9 Å². The van der Waals surface area contributed by atoms with Crippen LogP contribution in [-0.2, 0) is 13.2 Å². The van der Waals surface area contributed by atoms with Crippen LogP contribution in [0.1, 0.15) is 11.1 Å². The van der Waals surface area contributed by atoms with E-state index >= 15 is 0 Å². The van der Waals surface area contributed by atoms with E-state index in [9.17, 15) is 8.78 Å². The minimum Gasteiger partial charge on any atom is -0.488 e. The molecular weight excluding hydrogens is 316 g/mol. The maximum absolute atomic E-state index is 13.4. The lowest BCUT2D eigenvalue weighted by atomic mass is 10.2. The molecule has 0 unspecified atom stereocenters. The fourth-order valence-electron chi connectivity index (χ4n) is 1.67. The van der Waals surface area contributed by atoms with Gasteiger partial charge in [0.05, 0.1) is 5.56 Å². The zero-order valence-corrected chi connectivity index (χ0v) is 11.6. The van der Waals surface area contributed by atoms with Gasteiger partial charge in [-0.05, 0) is 30.3 Å². The Labute approximate surface area is 118 Å². The van der Waals surface area contributed by atoms with Gasteiger partial charge in [0, 0.05) is 16.6 Å². The van der Waals surface area contributed by atoms with E-state index in [0.717, 1.165) is 10.0 Å². The molecule has 0 aliphatic rings. The fraction of sp³-hybridized carbons (Fsp3) is 0.143. The highest BCUT2D eigenvalue weighted by atomic mass is 79.9. The Hall–Kier alpha value is -1.46. The van der Waals surface area contributed by atoms with Gasteiger partial charge in [-0.3, -0.25) is 0 Å². The summed E-state index contributed by atoms with van der Waals surface area (Å²) in [5.41, 5.74) is 6.28. The lowest BCUT2D eigenvalue weighted by Crippen LogP contribution is -2.05. The molecule has 2 aromatic carbocycles. The molecule has 0 atom stereocenters. The van der Waals surface area contributed by atoms with E-state index in [0.29, 0.717) is 5.75 Å². The minimum atomic E-state index is -0.619. The minimum absolute atomic E-state index is 0.0895. The summed E-state index contributed by atoms with van der Waals surface area (Å²) in [7, 11) is 0. The molecule has 0 spiro atoms. The van der Waals surface area contributed by atoms with Gasteiger partial charge in [0.15, 0.2) is 0 Å². The first kappa shape index (κ1) is 14.0. The predicted octanol–water partition coefficient (Wildman–Crippen LogP) is 3.77. The van der Waals surface area contributed by atoms with Gasteiger partial charge in [-0.2, -0.15) is 0 Å². The van der Waals surface area contributed by atoms with Crippen LogP contribution in [0.4, 0.5) is 8.78 Å². The lowest BCUT2D eigenvalue weighted by molar-refractivity contribution is 0.289. The van der Waals surface area contributed by atoms with Crippen molar-refractivity contribution in [2.75, 3.05) is 0 Å². The van der Waals surface area contributed by atoms with E-state index in [1.54, 1.807) is 12.1 Å². The summed E-state index contributed by atoms with van der Waals surface area (Å²) in [4.78, 5) is 0. The summed E-state index contributed by atoms with van der Waals surface area (Å²) < 4.78 is 33.2. The number of rotatable bonds is 4. The standard InChI is InChI=1S/C14H12BrF2NO/c15-10-4-5-14(9(6-10)7-18)19-8-11-12(16)2-1-3-13(11)17/h1-6H,7-8,18H2. The zero-order valence-electron chi connectivity index (χ0n) is 10.00. The highest BCUT2D eigenvalue weighted by molar-refractivity contribution is 9.10. The highest BCUT2D eigenvalue weighted by Crippen LogP contribution is 2.24. The van der Waals surface area contributed by atoms with Crippen molar-refractivity contribution in [2.45, 2.75) is 13.2 Å². The Morgan fingerprint density at radius 2 is 1.79 bits per heavy atom. The highest BCUT2D eigenvalue weighted by Gasteiger charge is 2.10. The first-order valence-corrected chi connectivity index (χ1v) is 6.45.